The smallest absolute Gasteiger partial charge is 0.239 e. The molecule has 1 aliphatic rings. The SMILES string of the molecule is COc1ccc(C)cc1N1CCNC(=O)C1. The molecule has 0 aliphatic carbocycles. The summed E-state index contributed by atoms with van der Waals surface area (Å²) in [5.41, 5.74) is 2.17. The van der Waals surface area contributed by atoms with Crippen LogP contribution in [0.15, 0.2) is 18.2 Å². The predicted molar refractivity (Wildman–Crippen MR) is 63.0 cm³/mol. The molecular formula is C12H16N2O2. The Morgan fingerprint density at radius 1 is 1.44 bits per heavy atom. The van der Waals surface area contributed by atoms with Gasteiger partial charge in [-0.25, -0.2) is 0 Å². The lowest BCUT2D eigenvalue weighted by Gasteiger charge is -2.30. The van der Waals surface area contributed by atoms with Gasteiger partial charge in [-0.05, 0) is 24.6 Å². The third kappa shape index (κ3) is 2.10. The van der Waals surface area contributed by atoms with E-state index in [1.807, 2.05) is 24.0 Å². The first-order chi connectivity index (χ1) is 7.70. The summed E-state index contributed by atoms with van der Waals surface area (Å²) in [6.45, 7) is 3.95. The molecule has 86 valence electrons. The van der Waals surface area contributed by atoms with E-state index in [9.17, 15) is 4.79 Å². The monoisotopic (exact) mass is 220 g/mol. The Kier molecular flexibility index (Phi) is 2.99. The number of methoxy groups -OCH3 is 1. The van der Waals surface area contributed by atoms with Gasteiger partial charge in [0.1, 0.15) is 5.75 Å². The quantitative estimate of drug-likeness (QED) is 0.806. The zero-order valence-corrected chi connectivity index (χ0v) is 9.62. The van der Waals surface area contributed by atoms with Gasteiger partial charge in [0.15, 0.2) is 0 Å². The molecule has 1 aromatic rings. The second kappa shape index (κ2) is 4.43. The Morgan fingerprint density at radius 3 is 2.94 bits per heavy atom. The van der Waals surface area contributed by atoms with Crippen molar-refractivity contribution in [2.45, 2.75) is 6.92 Å². The van der Waals surface area contributed by atoms with E-state index in [0.29, 0.717) is 13.1 Å². The van der Waals surface area contributed by atoms with Crippen molar-refractivity contribution in [2.75, 3.05) is 31.6 Å². The minimum absolute atomic E-state index is 0.0646. The summed E-state index contributed by atoms with van der Waals surface area (Å²) in [7, 11) is 1.65. The van der Waals surface area contributed by atoms with E-state index in [0.717, 1.165) is 18.0 Å². The van der Waals surface area contributed by atoms with Gasteiger partial charge in [0.25, 0.3) is 0 Å². The molecule has 16 heavy (non-hydrogen) atoms. The minimum Gasteiger partial charge on any atom is -0.495 e. The van der Waals surface area contributed by atoms with Crippen molar-refractivity contribution in [3.63, 3.8) is 0 Å². The maximum atomic E-state index is 11.3. The summed E-state index contributed by atoms with van der Waals surface area (Å²) >= 11 is 0. The van der Waals surface area contributed by atoms with Crippen LogP contribution in [0.4, 0.5) is 5.69 Å². The standard InChI is InChI=1S/C12H16N2O2/c1-9-3-4-11(16-2)10(7-9)14-6-5-13-12(15)8-14/h3-4,7H,5-6,8H2,1-2H3,(H,13,15). The molecule has 1 fully saturated rings. The van der Waals surface area contributed by atoms with E-state index >= 15 is 0 Å². The molecule has 1 saturated heterocycles. The molecule has 0 unspecified atom stereocenters. The van der Waals surface area contributed by atoms with Crippen LogP contribution in [0.1, 0.15) is 5.56 Å². The largest absolute Gasteiger partial charge is 0.495 e. The van der Waals surface area contributed by atoms with E-state index in [2.05, 4.69) is 11.4 Å². The number of ether oxygens (including phenoxy) is 1. The Balaban J connectivity index is 2.30. The summed E-state index contributed by atoms with van der Waals surface area (Å²) in [5, 5.41) is 2.81. The fraction of sp³-hybridized carbons (Fsp3) is 0.417. The van der Waals surface area contributed by atoms with E-state index < -0.39 is 0 Å². The molecule has 0 radical (unpaired) electrons. The van der Waals surface area contributed by atoms with Gasteiger partial charge in [0.2, 0.25) is 5.91 Å². The Hall–Kier alpha value is -1.71. The summed E-state index contributed by atoms with van der Waals surface area (Å²) in [6.07, 6.45) is 0. The van der Waals surface area contributed by atoms with Gasteiger partial charge in [-0.3, -0.25) is 4.79 Å². The van der Waals surface area contributed by atoms with Crippen molar-refractivity contribution in [1.82, 2.24) is 5.32 Å². The maximum Gasteiger partial charge on any atom is 0.239 e. The van der Waals surface area contributed by atoms with Crippen molar-refractivity contribution in [3.05, 3.63) is 23.8 Å². The molecule has 0 spiro atoms. The van der Waals surface area contributed by atoms with Crippen molar-refractivity contribution < 1.29 is 9.53 Å². The topological polar surface area (TPSA) is 41.6 Å². The fourth-order valence-electron chi connectivity index (χ4n) is 1.89. The molecule has 4 heteroatoms. The van der Waals surface area contributed by atoms with Crippen LogP contribution in [0.2, 0.25) is 0 Å². The second-order valence-electron chi connectivity index (χ2n) is 3.95. The number of anilines is 1. The van der Waals surface area contributed by atoms with Crippen LogP contribution < -0.4 is 15.0 Å². The number of carbonyl (C=O) groups is 1. The summed E-state index contributed by atoms with van der Waals surface area (Å²) in [4.78, 5) is 13.4. The Labute approximate surface area is 95.2 Å². The van der Waals surface area contributed by atoms with Crippen LogP contribution in [0.25, 0.3) is 0 Å². The third-order valence-corrected chi connectivity index (χ3v) is 2.71. The zero-order chi connectivity index (χ0) is 11.5. The van der Waals surface area contributed by atoms with Gasteiger partial charge in [0, 0.05) is 13.1 Å². The molecule has 1 amide bonds. The summed E-state index contributed by atoms with van der Waals surface area (Å²) in [5.74, 6) is 0.884. The number of amides is 1. The Bertz CT molecular complexity index is 404. The van der Waals surface area contributed by atoms with Crippen LogP contribution in [-0.4, -0.2) is 32.7 Å². The molecule has 1 N–H and O–H groups in total. The first kappa shape index (κ1) is 10.8. The average Bonchev–Trinajstić information content (AvgIpc) is 2.29. The van der Waals surface area contributed by atoms with Gasteiger partial charge >= 0.3 is 0 Å². The van der Waals surface area contributed by atoms with E-state index in [-0.39, 0.29) is 5.91 Å². The number of benzene rings is 1. The lowest BCUT2D eigenvalue weighted by Crippen LogP contribution is -2.47. The summed E-state index contributed by atoms with van der Waals surface area (Å²) < 4.78 is 5.32. The number of nitrogens with zero attached hydrogens (tertiary/aromatic N) is 1. The van der Waals surface area contributed by atoms with Crippen LogP contribution in [0.5, 0.6) is 5.75 Å². The molecule has 0 atom stereocenters. The fourth-order valence-corrected chi connectivity index (χ4v) is 1.89. The molecule has 0 aromatic heterocycles. The van der Waals surface area contributed by atoms with E-state index in [1.54, 1.807) is 7.11 Å². The molecule has 4 nitrogen and oxygen atoms in total. The van der Waals surface area contributed by atoms with Crippen molar-refractivity contribution in [1.29, 1.82) is 0 Å². The number of aryl methyl sites for hydroxylation is 1. The molecule has 0 bridgehead atoms. The normalized spacial score (nSPS) is 15.9. The summed E-state index contributed by atoms with van der Waals surface area (Å²) in [6, 6.07) is 6.00. The van der Waals surface area contributed by atoms with Gasteiger partial charge in [0.05, 0.1) is 19.3 Å². The first-order valence-electron chi connectivity index (χ1n) is 5.37. The van der Waals surface area contributed by atoms with Crippen LogP contribution in [0, 0.1) is 6.92 Å². The van der Waals surface area contributed by atoms with E-state index in [1.165, 1.54) is 5.56 Å². The van der Waals surface area contributed by atoms with Crippen molar-refractivity contribution in [2.24, 2.45) is 0 Å². The van der Waals surface area contributed by atoms with Gasteiger partial charge in [-0.15, -0.1) is 0 Å². The van der Waals surface area contributed by atoms with Crippen molar-refractivity contribution in [3.8, 4) is 5.75 Å². The van der Waals surface area contributed by atoms with Crippen LogP contribution in [0.3, 0.4) is 0 Å². The Morgan fingerprint density at radius 2 is 2.25 bits per heavy atom. The molecule has 1 aromatic carbocycles. The highest BCUT2D eigenvalue weighted by atomic mass is 16.5. The molecule has 2 rings (SSSR count). The first-order valence-corrected chi connectivity index (χ1v) is 5.37. The van der Waals surface area contributed by atoms with Crippen LogP contribution in [-0.2, 0) is 4.79 Å². The lowest BCUT2D eigenvalue weighted by molar-refractivity contribution is -0.120. The second-order valence-corrected chi connectivity index (χ2v) is 3.95. The minimum atomic E-state index is 0.0646. The molecular weight excluding hydrogens is 204 g/mol. The third-order valence-electron chi connectivity index (χ3n) is 2.71. The molecule has 1 aliphatic heterocycles. The van der Waals surface area contributed by atoms with Crippen LogP contribution >= 0.6 is 0 Å². The number of nitrogens with one attached hydrogen (secondary N) is 1. The molecule has 1 heterocycles. The number of hydrogen-bond donors (Lipinski definition) is 1. The number of rotatable bonds is 2. The highest BCUT2D eigenvalue weighted by molar-refractivity contribution is 5.83. The number of piperazine rings is 1. The van der Waals surface area contributed by atoms with Crippen molar-refractivity contribution >= 4 is 11.6 Å². The lowest BCUT2D eigenvalue weighted by atomic mass is 10.1. The molecule has 0 saturated carbocycles. The van der Waals surface area contributed by atoms with Gasteiger partial charge in [-0.1, -0.05) is 6.07 Å². The van der Waals surface area contributed by atoms with E-state index in [4.69, 9.17) is 4.74 Å². The average molecular weight is 220 g/mol. The zero-order valence-electron chi connectivity index (χ0n) is 9.62. The maximum absolute atomic E-state index is 11.3. The number of carbonyl (C=O) groups excluding carboxylic acids is 1. The number of hydrogen-bond acceptors (Lipinski definition) is 3. The predicted octanol–water partition coefficient (Wildman–Crippen LogP) is 0.940. The highest BCUT2D eigenvalue weighted by Gasteiger charge is 2.19. The van der Waals surface area contributed by atoms with Gasteiger partial charge in [-0.2, -0.15) is 0 Å². The van der Waals surface area contributed by atoms with Gasteiger partial charge < -0.3 is 15.0 Å². The highest BCUT2D eigenvalue weighted by Crippen LogP contribution is 2.29.